The van der Waals surface area contributed by atoms with Gasteiger partial charge in [-0.25, -0.2) is 0 Å². The number of nitrogens with one attached hydrogen (secondary N) is 1. The maximum absolute atomic E-state index is 13.3. The third kappa shape index (κ3) is 4.52. The van der Waals surface area contributed by atoms with Crippen molar-refractivity contribution in [3.8, 4) is 0 Å². The van der Waals surface area contributed by atoms with Crippen LogP contribution >= 0.6 is 0 Å². The van der Waals surface area contributed by atoms with Crippen molar-refractivity contribution in [2.45, 2.75) is 13.1 Å². The minimum atomic E-state index is -4.50. The van der Waals surface area contributed by atoms with Crippen molar-refractivity contribution in [3.05, 3.63) is 77.7 Å². The minimum absolute atomic E-state index is 0.133. The Morgan fingerprint density at radius 2 is 1.65 bits per heavy atom. The van der Waals surface area contributed by atoms with E-state index in [1.54, 1.807) is 6.92 Å². The number of amides is 1. The zero-order valence-electron chi connectivity index (χ0n) is 16.9. The lowest BCUT2D eigenvalue weighted by Gasteiger charge is -2.38. The van der Waals surface area contributed by atoms with Gasteiger partial charge in [-0.3, -0.25) is 4.79 Å². The Bertz CT molecular complexity index is 1060. The fourth-order valence-electron chi connectivity index (χ4n) is 3.74. The number of aryl methyl sites for hydroxylation is 1. The van der Waals surface area contributed by atoms with E-state index in [9.17, 15) is 18.0 Å². The molecule has 4 rings (SSSR count). The van der Waals surface area contributed by atoms with Crippen molar-refractivity contribution in [3.63, 3.8) is 0 Å². The topological polar surface area (TPSA) is 48.7 Å². The molecule has 0 atom stereocenters. The van der Waals surface area contributed by atoms with Crippen molar-refractivity contribution >= 4 is 23.0 Å². The molecule has 0 bridgehead atoms. The van der Waals surface area contributed by atoms with Crippen LogP contribution < -0.4 is 15.1 Å². The van der Waals surface area contributed by atoms with Crippen LogP contribution in [0.4, 0.5) is 30.2 Å². The summed E-state index contributed by atoms with van der Waals surface area (Å²) in [4.78, 5) is 16.9. The number of hydrogen-bond acceptors (Lipinski definition) is 4. The van der Waals surface area contributed by atoms with Gasteiger partial charge in [-0.1, -0.05) is 18.2 Å². The number of hydrogen-bond donors (Lipinski definition) is 1. The van der Waals surface area contributed by atoms with Crippen LogP contribution in [0.25, 0.3) is 0 Å². The molecule has 8 heteroatoms. The van der Waals surface area contributed by atoms with E-state index < -0.39 is 17.6 Å². The van der Waals surface area contributed by atoms with Crippen molar-refractivity contribution in [2.24, 2.45) is 0 Å². The molecule has 1 aromatic heterocycles. The molecule has 0 radical (unpaired) electrons. The van der Waals surface area contributed by atoms with Crippen LogP contribution in [0.3, 0.4) is 0 Å². The summed E-state index contributed by atoms with van der Waals surface area (Å²) in [5.41, 5.74) is 1.29. The highest BCUT2D eigenvalue weighted by Gasteiger charge is 2.32. The van der Waals surface area contributed by atoms with Crippen LogP contribution in [0.1, 0.15) is 21.7 Å². The fourth-order valence-corrected chi connectivity index (χ4v) is 3.74. The van der Waals surface area contributed by atoms with Gasteiger partial charge in [0.15, 0.2) is 0 Å². The normalized spacial score (nSPS) is 14.6. The molecule has 2 aromatic carbocycles. The van der Waals surface area contributed by atoms with E-state index >= 15 is 0 Å². The molecule has 3 aromatic rings. The van der Waals surface area contributed by atoms with Gasteiger partial charge >= 0.3 is 6.18 Å². The highest BCUT2D eigenvalue weighted by atomic mass is 19.4. The first-order chi connectivity index (χ1) is 14.8. The Labute approximate surface area is 178 Å². The third-order valence-corrected chi connectivity index (χ3v) is 5.42. The molecule has 5 nitrogen and oxygen atoms in total. The number of nitrogens with zero attached hydrogens (tertiary/aromatic N) is 2. The summed E-state index contributed by atoms with van der Waals surface area (Å²) in [6.45, 7) is 4.31. The number of furan rings is 1. The van der Waals surface area contributed by atoms with E-state index in [0.29, 0.717) is 24.5 Å². The average Bonchev–Trinajstić information content (AvgIpc) is 3.20. The van der Waals surface area contributed by atoms with E-state index in [1.807, 2.05) is 35.2 Å². The lowest BCUT2D eigenvalue weighted by molar-refractivity contribution is -0.137. The van der Waals surface area contributed by atoms with E-state index in [1.165, 1.54) is 18.4 Å². The van der Waals surface area contributed by atoms with Crippen LogP contribution in [0, 0.1) is 6.92 Å². The van der Waals surface area contributed by atoms with Gasteiger partial charge in [-0.05, 0) is 43.3 Å². The predicted octanol–water partition coefficient (Wildman–Crippen LogP) is 5.19. The van der Waals surface area contributed by atoms with E-state index in [0.717, 1.165) is 30.9 Å². The molecule has 31 heavy (non-hydrogen) atoms. The largest absolute Gasteiger partial charge is 0.469 e. The van der Waals surface area contributed by atoms with E-state index in [4.69, 9.17) is 4.42 Å². The monoisotopic (exact) mass is 429 g/mol. The number of rotatable bonds is 4. The molecule has 0 saturated carbocycles. The van der Waals surface area contributed by atoms with Crippen LogP contribution in [0.2, 0.25) is 0 Å². The second-order valence-corrected chi connectivity index (χ2v) is 7.38. The summed E-state index contributed by atoms with van der Waals surface area (Å²) in [6, 6.07) is 14.9. The first-order valence-electron chi connectivity index (χ1n) is 9.94. The van der Waals surface area contributed by atoms with Gasteiger partial charge in [0.2, 0.25) is 0 Å². The molecular weight excluding hydrogens is 407 g/mol. The Morgan fingerprint density at radius 3 is 2.26 bits per heavy atom. The van der Waals surface area contributed by atoms with Gasteiger partial charge in [-0.15, -0.1) is 0 Å². The molecule has 1 amide bonds. The number of halogens is 3. The van der Waals surface area contributed by atoms with Crippen LogP contribution in [0.15, 0.2) is 65.3 Å². The summed E-state index contributed by atoms with van der Waals surface area (Å²) >= 11 is 0. The molecule has 0 aliphatic carbocycles. The second-order valence-electron chi connectivity index (χ2n) is 7.38. The number of alkyl halides is 3. The molecule has 0 unspecified atom stereocenters. The number of carbonyl (C=O) groups excluding carboxylic acids is 1. The fraction of sp³-hybridized carbons (Fsp3) is 0.261. The van der Waals surface area contributed by atoms with Gasteiger partial charge in [0.1, 0.15) is 5.76 Å². The van der Waals surface area contributed by atoms with Crippen LogP contribution in [-0.4, -0.2) is 32.1 Å². The summed E-state index contributed by atoms with van der Waals surface area (Å²) in [5, 5.41) is 2.65. The first kappa shape index (κ1) is 20.8. The van der Waals surface area contributed by atoms with Crippen molar-refractivity contribution in [1.29, 1.82) is 0 Å². The summed E-state index contributed by atoms with van der Waals surface area (Å²) in [7, 11) is 0. The Kier molecular flexibility index (Phi) is 5.63. The molecule has 2 heterocycles. The number of para-hydroxylation sites is 1. The molecule has 1 saturated heterocycles. The van der Waals surface area contributed by atoms with Crippen molar-refractivity contribution in [1.82, 2.24) is 0 Å². The van der Waals surface area contributed by atoms with E-state index in [2.05, 4.69) is 10.2 Å². The first-order valence-corrected chi connectivity index (χ1v) is 9.94. The van der Waals surface area contributed by atoms with Crippen molar-refractivity contribution in [2.75, 3.05) is 41.3 Å². The lowest BCUT2D eigenvalue weighted by Crippen LogP contribution is -2.46. The van der Waals surface area contributed by atoms with Crippen molar-refractivity contribution < 1.29 is 22.4 Å². The van der Waals surface area contributed by atoms with Gasteiger partial charge in [0.25, 0.3) is 5.91 Å². The summed E-state index contributed by atoms with van der Waals surface area (Å²) in [6.07, 6.45) is -3.13. The molecule has 162 valence electrons. The highest BCUT2D eigenvalue weighted by Crippen LogP contribution is 2.36. The summed E-state index contributed by atoms with van der Waals surface area (Å²) < 4.78 is 45.1. The quantitative estimate of drug-likeness (QED) is 0.621. The number of benzene rings is 2. The van der Waals surface area contributed by atoms with E-state index in [-0.39, 0.29) is 11.3 Å². The standard InChI is InChI=1S/C23H22F3N3O2/c1-16-19(9-14-31-16)22(30)27-20-15-17(23(24,25)26)7-8-21(20)29-12-10-28(11-13-29)18-5-3-2-4-6-18/h2-9,14-15H,10-13H2,1H3,(H,27,30). The maximum Gasteiger partial charge on any atom is 0.416 e. The van der Waals surface area contributed by atoms with Gasteiger partial charge < -0.3 is 19.5 Å². The van der Waals surface area contributed by atoms with Crippen LogP contribution in [0.5, 0.6) is 0 Å². The number of anilines is 3. The predicted molar refractivity (Wildman–Crippen MR) is 114 cm³/mol. The SMILES string of the molecule is Cc1occc1C(=O)Nc1cc(C(F)(F)F)ccc1N1CCN(c2ccccc2)CC1. The highest BCUT2D eigenvalue weighted by molar-refractivity contribution is 6.06. The molecule has 1 N–H and O–H groups in total. The number of carbonyl (C=O) groups is 1. The Hall–Kier alpha value is -3.42. The minimum Gasteiger partial charge on any atom is -0.469 e. The third-order valence-electron chi connectivity index (χ3n) is 5.42. The van der Waals surface area contributed by atoms with Crippen LogP contribution in [-0.2, 0) is 6.18 Å². The molecular formula is C23H22F3N3O2. The maximum atomic E-state index is 13.3. The Morgan fingerprint density at radius 1 is 0.968 bits per heavy atom. The molecule has 1 aliphatic heterocycles. The second kappa shape index (κ2) is 8.37. The number of piperazine rings is 1. The lowest BCUT2D eigenvalue weighted by atomic mass is 10.1. The smallest absolute Gasteiger partial charge is 0.416 e. The Balaban J connectivity index is 1.58. The molecule has 1 fully saturated rings. The van der Waals surface area contributed by atoms with Gasteiger partial charge in [0, 0.05) is 31.9 Å². The van der Waals surface area contributed by atoms with Gasteiger partial charge in [-0.2, -0.15) is 13.2 Å². The zero-order chi connectivity index (χ0) is 22.0. The zero-order valence-corrected chi connectivity index (χ0v) is 16.9. The average molecular weight is 429 g/mol. The molecule has 0 spiro atoms. The summed E-state index contributed by atoms with van der Waals surface area (Å²) in [5.74, 6) is -0.0998. The molecule has 1 aliphatic rings. The van der Waals surface area contributed by atoms with Gasteiger partial charge in [0.05, 0.1) is 28.8 Å².